The summed E-state index contributed by atoms with van der Waals surface area (Å²) in [7, 11) is 3.03. The molecule has 0 heterocycles. The Labute approximate surface area is 179 Å². The molecule has 3 rings (SSSR count). The van der Waals surface area contributed by atoms with Crippen LogP contribution in [0.5, 0.6) is 11.5 Å². The number of nitrogens with zero attached hydrogens (tertiary/aromatic N) is 5. The van der Waals surface area contributed by atoms with Gasteiger partial charge in [0.25, 0.3) is 5.69 Å². The van der Waals surface area contributed by atoms with Gasteiger partial charge < -0.3 is 9.47 Å². The average Bonchev–Trinajstić information content (AvgIpc) is 2.81. The number of nitro groups is 1. The molecule has 0 aliphatic heterocycles. The van der Waals surface area contributed by atoms with Gasteiger partial charge in [-0.2, -0.15) is 10.2 Å². The van der Waals surface area contributed by atoms with Crippen molar-refractivity contribution < 1.29 is 14.4 Å². The molecule has 0 N–H and O–H groups in total. The molecule has 0 fully saturated rings. The summed E-state index contributed by atoms with van der Waals surface area (Å²) in [5.74, 6) is 0.883. The first-order valence-electron chi connectivity index (χ1n) is 9.47. The molecule has 0 aliphatic rings. The van der Waals surface area contributed by atoms with Gasteiger partial charge in [-0.3, -0.25) is 10.1 Å². The molecule has 9 nitrogen and oxygen atoms in total. The number of non-ortho nitro benzene ring substituents is 1. The number of aryl methyl sites for hydroxylation is 1. The van der Waals surface area contributed by atoms with Crippen LogP contribution >= 0.6 is 0 Å². The van der Waals surface area contributed by atoms with Crippen molar-refractivity contribution in [2.24, 2.45) is 20.5 Å². The second-order valence-corrected chi connectivity index (χ2v) is 6.39. The van der Waals surface area contributed by atoms with Gasteiger partial charge in [-0.25, -0.2) is 0 Å². The zero-order chi connectivity index (χ0) is 22.2. The second-order valence-electron chi connectivity index (χ2n) is 6.39. The fraction of sp³-hybridized carbons (Fsp3) is 0.182. The number of ether oxygens (including phenoxy) is 2. The van der Waals surface area contributed by atoms with Gasteiger partial charge >= 0.3 is 0 Å². The summed E-state index contributed by atoms with van der Waals surface area (Å²) in [6.07, 6.45) is 0.957. The van der Waals surface area contributed by atoms with Crippen LogP contribution in [0, 0.1) is 10.1 Å². The molecule has 0 unspecified atom stereocenters. The van der Waals surface area contributed by atoms with Crippen LogP contribution in [0.3, 0.4) is 0 Å². The first-order chi connectivity index (χ1) is 15.0. The highest BCUT2D eigenvalue weighted by Crippen LogP contribution is 2.41. The molecule has 0 aliphatic carbocycles. The molecule has 31 heavy (non-hydrogen) atoms. The number of benzene rings is 3. The minimum absolute atomic E-state index is 0.0164. The van der Waals surface area contributed by atoms with Crippen molar-refractivity contribution in [3.8, 4) is 11.5 Å². The van der Waals surface area contributed by atoms with Crippen molar-refractivity contribution in [2.45, 2.75) is 13.3 Å². The molecule has 0 aromatic heterocycles. The lowest BCUT2D eigenvalue weighted by atomic mass is 10.2. The maximum atomic E-state index is 10.8. The van der Waals surface area contributed by atoms with Gasteiger partial charge in [-0.05, 0) is 36.2 Å². The van der Waals surface area contributed by atoms with Crippen molar-refractivity contribution in [1.29, 1.82) is 0 Å². The number of hydrogen-bond donors (Lipinski definition) is 0. The van der Waals surface area contributed by atoms with E-state index in [4.69, 9.17) is 9.47 Å². The van der Waals surface area contributed by atoms with E-state index in [0.29, 0.717) is 28.6 Å². The largest absolute Gasteiger partial charge is 0.494 e. The first kappa shape index (κ1) is 21.6. The van der Waals surface area contributed by atoms with E-state index in [1.54, 1.807) is 12.1 Å². The number of azo groups is 2. The van der Waals surface area contributed by atoms with E-state index in [0.717, 1.165) is 12.1 Å². The van der Waals surface area contributed by atoms with Gasteiger partial charge in [-0.1, -0.05) is 19.1 Å². The maximum Gasteiger partial charge on any atom is 0.269 e. The first-order valence-corrected chi connectivity index (χ1v) is 9.47. The smallest absolute Gasteiger partial charge is 0.269 e. The Balaban J connectivity index is 1.86. The summed E-state index contributed by atoms with van der Waals surface area (Å²) >= 11 is 0. The van der Waals surface area contributed by atoms with Crippen molar-refractivity contribution in [3.63, 3.8) is 0 Å². The summed E-state index contributed by atoms with van der Waals surface area (Å²) in [5, 5.41) is 27.6. The van der Waals surface area contributed by atoms with Crippen LogP contribution in [0.25, 0.3) is 0 Å². The van der Waals surface area contributed by atoms with Crippen LogP contribution in [-0.2, 0) is 6.42 Å². The van der Waals surface area contributed by atoms with E-state index in [1.165, 1.54) is 44.0 Å². The Kier molecular flexibility index (Phi) is 7.00. The molecule has 9 heteroatoms. The van der Waals surface area contributed by atoms with E-state index in [1.807, 2.05) is 24.3 Å². The molecule has 0 saturated carbocycles. The highest BCUT2D eigenvalue weighted by molar-refractivity contribution is 5.66. The Bertz CT molecular complexity index is 1110. The normalized spacial score (nSPS) is 11.2. The number of rotatable bonds is 8. The lowest BCUT2D eigenvalue weighted by Gasteiger charge is -2.09. The summed E-state index contributed by atoms with van der Waals surface area (Å²) in [5.41, 5.74) is 3.29. The fourth-order valence-corrected chi connectivity index (χ4v) is 2.68. The molecule has 0 amide bonds. The zero-order valence-corrected chi connectivity index (χ0v) is 17.3. The molecule has 0 bridgehead atoms. The highest BCUT2D eigenvalue weighted by Gasteiger charge is 2.11. The van der Waals surface area contributed by atoms with Crippen molar-refractivity contribution in [1.82, 2.24) is 0 Å². The minimum atomic E-state index is -0.472. The van der Waals surface area contributed by atoms with Crippen LogP contribution < -0.4 is 9.47 Å². The van der Waals surface area contributed by atoms with Crippen molar-refractivity contribution in [2.75, 3.05) is 14.2 Å². The number of hydrogen-bond acceptors (Lipinski definition) is 8. The van der Waals surface area contributed by atoms with Crippen molar-refractivity contribution >= 4 is 28.4 Å². The molecule has 0 atom stereocenters. The van der Waals surface area contributed by atoms with Crippen LogP contribution in [0.1, 0.15) is 12.5 Å². The fourth-order valence-electron chi connectivity index (χ4n) is 2.68. The van der Waals surface area contributed by atoms with Crippen LogP contribution in [-0.4, -0.2) is 19.1 Å². The van der Waals surface area contributed by atoms with Crippen LogP contribution in [0.2, 0.25) is 0 Å². The standard InChI is InChI=1S/C22H21N5O4/c1-4-15-5-7-16(8-6-15)23-25-19-13-22(31-3)20(14-21(19)30-2)26-24-17-9-11-18(12-10-17)27(28)29/h5-14H,4H2,1-3H3. The van der Waals surface area contributed by atoms with Crippen molar-refractivity contribution in [3.05, 3.63) is 76.3 Å². The molecule has 0 spiro atoms. The monoisotopic (exact) mass is 419 g/mol. The van der Waals surface area contributed by atoms with Gasteiger partial charge in [0, 0.05) is 24.3 Å². The van der Waals surface area contributed by atoms with Crippen LogP contribution in [0.4, 0.5) is 28.4 Å². The average molecular weight is 419 g/mol. The van der Waals surface area contributed by atoms with E-state index < -0.39 is 4.92 Å². The Hall–Kier alpha value is -4.14. The van der Waals surface area contributed by atoms with E-state index in [9.17, 15) is 10.1 Å². The summed E-state index contributed by atoms with van der Waals surface area (Å²) < 4.78 is 10.8. The number of nitro benzene ring substituents is 1. The lowest BCUT2D eigenvalue weighted by molar-refractivity contribution is -0.384. The van der Waals surface area contributed by atoms with E-state index in [2.05, 4.69) is 27.4 Å². The molecule has 3 aromatic rings. The maximum absolute atomic E-state index is 10.8. The van der Waals surface area contributed by atoms with Gasteiger partial charge in [0.2, 0.25) is 0 Å². The zero-order valence-electron chi connectivity index (χ0n) is 17.3. The van der Waals surface area contributed by atoms with Crippen LogP contribution in [0.15, 0.2) is 81.1 Å². The Morgan fingerprint density at radius 3 is 1.61 bits per heavy atom. The summed E-state index contributed by atoms with van der Waals surface area (Å²) in [6, 6.07) is 16.9. The predicted octanol–water partition coefficient (Wildman–Crippen LogP) is 7.01. The molecule has 0 saturated heterocycles. The van der Waals surface area contributed by atoms with Gasteiger partial charge in [-0.15, -0.1) is 10.2 Å². The third-order valence-electron chi connectivity index (χ3n) is 4.43. The SMILES string of the molecule is CCc1ccc(N=Nc2cc(OC)c(N=Nc3ccc([N+](=O)[O-])cc3)cc2OC)cc1. The second kappa shape index (κ2) is 10.1. The van der Waals surface area contributed by atoms with E-state index in [-0.39, 0.29) is 5.69 Å². The molecule has 158 valence electrons. The molecule has 0 radical (unpaired) electrons. The van der Waals surface area contributed by atoms with Gasteiger partial charge in [0.1, 0.15) is 22.9 Å². The predicted molar refractivity (Wildman–Crippen MR) is 117 cm³/mol. The minimum Gasteiger partial charge on any atom is -0.494 e. The summed E-state index contributed by atoms with van der Waals surface area (Å²) in [4.78, 5) is 10.3. The number of methoxy groups -OCH3 is 2. The molecule has 3 aromatic carbocycles. The molecular formula is C22H21N5O4. The quantitative estimate of drug-likeness (QED) is 0.222. The Morgan fingerprint density at radius 1 is 0.774 bits per heavy atom. The van der Waals surface area contributed by atoms with Gasteiger partial charge in [0.15, 0.2) is 0 Å². The van der Waals surface area contributed by atoms with E-state index >= 15 is 0 Å². The highest BCUT2D eigenvalue weighted by atomic mass is 16.6. The third kappa shape index (κ3) is 5.47. The lowest BCUT2D eigenvalue weighted by Crippen LogP contribution is -1.88. The van der Waals surface area contributed by atoms with Gasteiger partial charge in [0.05, 0.1) is 30.5 Å². The third-order valence-corrected chi connectivity index (χ3v) is 4.43. The summed E-state index contributed by atoms with van der Waals surface area (Å²) in [6.45, 7) is 2.09. The Morgan fingerprint density at radius 2 is 1.23 bits per heavy atom. The molecular weight excluding hydrogens is 398 g/mol. The topological polar surface area (TPSA) is 111 Å².